The van der Waals surface area contributed by atoms with Crippen LogP contribution in [0.15, 0.2) is 70.7 Å². The van der Waals surface area contributed by atoms with Gasteiger partial charge in [0.05, 0.1) is 19.9 Å². The van der Waals surface area contributed by atoms with Gasteiger partial charge in [-0.05, 0) is 48.0 Å². The molecule has 31 heavy (non-hydrogen) atoms. The minimum Gasteiger partial charge on any atom is -0.493 e. The molecule has 0 aliphatic carbocycles. The summed E-state index contributed by atoms with van der Waals surface area (Å²) in [5.41, 5.74) is 2.19. The van der Waals surface area contributed by atoms with Crippen molar-refractivity contribution in [3.05, 3.63) is 88.3 Å². The number of thiazole rings is 1. The van der Waals surface area contributed by atoms with E-state index in [1.54, 1.807) is 30.9 Å². The van der Waals surface area contributed by atoms with Gasteiger partial charge in [-0.3, -0.25) is 4.79 Å². The summed E-state index contributed by atoms with van der Waals surface area (Å²) in [7, 11) is 1.59. The van der Waals surface area contributed by atoms with Gasteiger partial charge in [0.15, 0.2) is 11.5 Å². The van der Waals surface area contributed by atoms with E-state index in [2.05, 4.69) is 10.3 Å². The largest absolute Gasteiger partial charge is 0.493 e. The third-order valence-corrected chi connectivity index (χ3v) is 5.60. The van der Waals surface area contributed by atoms with Crippen molar-refractivity contribution in [2.45, 2.75) is 13.2 Å². The van der Waals surface area contributed by atoms with Crippen LogP contribution in [0, 0.1) is 0 Å². The lowest BCUT2D eigenvalue weighted by Gasteiger charge is -2.12. The molecule has 0 saturated heterocycles. The number of benzene rings is 2. The number of carbonyl (C=O) groups excluding carboxylic acids is 1. The van der Waals surface area contributed by atoms with Crippen molar-refractivity contribution in [1.82, 2.24) is 10.3 Å². The van der Waals surface area contributed by atoms with Crippen molar-refractivity contribution in [2.75, 3.05) is 7.11 Å². The smallest absolute Gasteiger partial charge is 0.271 e. The summed E-state index contributed by atoms with van der Waals surface area (Å²) in [6.45, 7) is 0.705. The minimum absolute atomic E-state index is 0.256. The lowest BCUT2D eigenvalue weighted by molar-refractivity contribution is 0.0944. The van der Waals surface area contributed by atoms with Crippen molar-refractivity contribution in [3.8, 4) is 22.1 Å². The van der Waals surface area contributed by atoms with Crippen LogP contribution in [0.4, 0.5) is 0 Å². The van der Waals surface area contributed by atoms with E-state index in [9.17, 15) is 4.79 Å². The number of halogens is 1. The molecule has 4 rings (SSSR count). The molecule has 0 bridgehead atoms. The first-order valence-corrected chi connectivity index (χ1v) is 10.7. The molecule has 6 nitrogen and oxygen atoms in total. The van der Waals surface area contributed by atoms with E-state index in [1.807, 2.05) is 42.5 Å². The average Bonchev–Trinajstić information content (AvgIpc) is 3.49. The van der Waals surface area contributed by atoms with E-state index in [0.717, 1.165) is 11.1 Å². The molecule has 2 aromatic heterocycles. The Morgan fingerprint density at radius 3 is 2.74 bits per heavy atom. The Morgan fingerprint density at radius 2 is 2.00 bits per heavy atom. The van der Waals surface area contributed by atoms with Crippen LogP contribution in [0.2, 0.25) is 5.02 Å². The highest BCUT2D eigenvalue weighted by atomic mass is 35.5. The standard InChI is InChI=1S/C23H19ClN2O4S/c1-28-21-11-16(6-9-20(21)30-13-15-4-7-17(24)8-5-15)23-26-19(14-31-23)22(27)25-12-18-3-2-10-29-18/h2-11,14H,12-13H2,1H3,(H,25,27). The molecule has 0 aliphatic heterocycles. The maximum Gasteiger partial charge on any atom is 0.271 e. The Labute approximate surface area is 188 Å². The predicted octanol–water partition coefficient (Wildman–Crippen LogP) is 5.57. The number of carbonyl (C=O) groups is 1. The number of amides is 1. The zero-order valence-electron chi connectivity index (χ0n) is 16.6. The lowest BCUT2D eigenvalue weighted by atomic mass is 10.2. The molecule has 1 amide bonds. The Morgan fingerprint density at radius 1 is 1.16 bits per heavy atom. The molecular formula is C23H19ClN2O4S. The number of nitrogens with zero attached hydrogens (tertiary/aromatic N) is 1. The van der Waals surface area contributed by atoms with Gasteiger partial charge in [-0.15, -0.1) is 11.3 Å². The summed E-state index contributed by atoms with van der Waals surface area (Å²) in [5.74, 6) is 1.64. The van der Waals surface area contributed by atoms with Crippen LogP contribution in [0.3, 0.4) is 0 Å². The lowest BCUT2D eigenvalue weighted by Crippen LogP contribution is -2.22. The second-order valence-corrected chi connectivity index (χ2v) is 7.88. The first-order chi connectivity index (χ1) is 15.1. The summed E-state index contributed by atoms with van der Waals surface area (Å²) in [6.07, 6.45) is 1.57. The van der Waals surface area contributed by atoms with Crippen LogP contribution < -0.4 is 14.8 Å². The Bertz CT molecular complexity index is 1160. The molecule has 0 radical (unpaired) electrons. The van der Waals surface area contributed by atoms with Crippen molar-refractivity contribution in [2.24, 2.45) is 0 Å². The van der Waals surface area contributed by atoms with Gasteiger partial charge in [-0.25, -0.2) is 4.98 Å². The number of furan rings is 1. The van der Waals surface area contributed by atoms with Gasteiger partial charge in [0.25, 0.3) is 5.91 Å². The SMILES string of the molecule is COc1cc(-c2nc(C(=O)NCc3ccco3)cs2)ccc1OCc1ccc(Cl)cc1. The molecule has 0 unspecified atom stereocenters. The normalized spacial score (nSPS) is 10.6. The Kier molecular flexibility index (Phi) is 6.54. The third-order valence-electron chi connectivity index (χ3n) is 4.46. The van der Waals surface area contributed by atoms with E-state index in [-0.39, 0.29) is 5.91 Å². The molecule has 0 saturated carbocycles. The summed E-state index contributed by atoms with van der Waals surface area (Å²) >= 11 is 7.31. The van der Waals surface area contributed by atoms with E-state index >= 15 is 0 Å². The fraction of sp³-hybridized carbons (Fsp3) is 0.130. The zero-order valence-corrected chi connectivity index (χ0v) is 18.2. The quantitative estimate of drug-likeness (QED) is 0.376. The van der Waals surface area contributed by atoms with Crippen molar-refractivity contribution in [1.29, 1.82) is 0 Å². The molecule has 0 atom stereocenters. The second-order valence-electron chi connectivity index (χ2n) is 6.58. The Hall–Kier alpha value is -3.29. The van der Waals surface area contributed by atoms with E-state index in [1.165, 1.54) is 11.3 Å². The van der Waals surface area contributed by atoms with Gasteiger partial charge < -0.3 is 19.2 Å². The number of aromatic nitrogens is 1. The molecule has 2 heterocycles. The van der Waals surface area contributed by atoms with Crippen LogP contribution >= 0.6 is 22.9 Å². The first-order valence-electron chi connectivity index (χ1n) is 9.44. The highest BCUT2D eigenvalue weighted by Crippen LogP contribution is 2.34. The van der Waals surface area contributed by atoms with Crippen LogP contribution in [-0.4, -0.2) is 18.0 Å². The second kappa shape index (κ2) is 9.68. The molecule has 2 aromatic carbocycles. The molecule has 158 valence electrons. The van der Waals surface area contributed by atoms with Crippen LogP contribution in [0.5, 0.6) is 11.5 Å². The molecule has 0 fully saturated rings. The number of hydrogen-bond donors (Lipinski definition) is 1. The van der Waals surface area contributed by atoms with Crippen molar-refractivity contribution in [3.63, 3.8) is 0 Å². The van der Waals surface area contributed by atoms with Crippen molar-refractivity contribution < 1.29 is 18.7 Å². The maximum atomic E-state index is 12.3. The fourth-order valence-electron chi connectivity index (χ4n) is 2.84. The topological polar surface area (TPSA) is 73.6 Å². The molecular weight excluding hydrogens is 436 g/mol. The summed E-state index contributed by atoms with van der Waals surface area (Å²) in [6, 6.07) is 16.6. The Balaban J connectivity index is 1.43. The average molecular weight is 455 g/mol. The van der Waals surface area contributed by atoms with Gasteiger partial charge in [-0.1, -0.05) is 23.7 Å². The first kappa shape index (κ1) is 21.0. The van der Waals surface area contributed by atoms with Gasteiger partial charge in [0, 0.05) is 16.0 Å². The summed E-state index contributed by atoms with van der Waals surface area (Å²) in [4.78, 5) is 16.8. The van der Waals surface area contributed by atoms with E-state index < -0.39 is 0 Å². The van der Waals surface area contributed by atoms with Gasteiger partial charge in [0.2, 0.25) is 0 Å². The van der Waals surface area contributed by atoms with Crippen LogP contribution in [0.1, 0.15) is 21.8 Å². The molecule has 4 aromatic rings. The minimum atomic E-state index is -0.256. The maximum absolute atomic E-state index is 12.3. The molecule has 1 N–H and O–H groups in total. The van der Waals surface area contributed by atoms with Crippen LogP contribution in [0.25, 0.3) is 10.6 Å². The van der Waals surface area contributed by atoms with Gasteiger partial charge in [-0.2, -0.15) is 0 Å². The van der Waals surface area contributed by atoms with Gasteiger partial charge >= 0.3 is 0 Å². The van der Waals surface area contributed by atoms with Crippen LogP contribution in [-0.2, 0) is 13.2 Å². The van der Waals surface area contributed by atoms with E-state index in [0.29, 0.717) is 46.1 Å². The summed E-state index contributed by atoms with van der Waals surface area (Å²) in [5, 5.41) is 5.92. The highest BCUT2D eigenvalue weighted by Gasteiger charge is 2.14. The predicted molar refractivity (Wildman–Crippen MR) is 120 cm³/mol. The molecule has 0 spiro atoms. The van der Waals surface area contributed by atoms with Gasteiger partial charge in [0.1, 0.15) is 23.1 Å². The number of methoxy groups -OCH3 is 1. The monoisotopic (exact) mass is 454 g/mol. The molecule has 8 heteroatoms. The molecule has 0 aliphatic rings. The zero-order chi connectivity index (χ0) is 21.6. The summed E-state index contributed by atoms with van der Waals surface area (Å²) < 4.78 is 16.6. The number of nitrogens with one attached hydrogen (secondary N) is 1. The van der Waals surface area contributed by atoms with E-state index in [4.69, 9.17) is 25.5 Å². The van der Waals surface area contributed by atoms with Crippen molar-refractivity contribution >= 4 is 28.8 Å². The fourth-order valence-corrected chi connectivity index (χ4v) is 3.77. The number of hydrogen-bond acceptors (Lipinski definition) is 6. The number of ether oxygens (including phenoxy) is 2. The highest BCUT2D eigenvalue weighted by molar-refractivity contribution is 7.13. The number of rotatable bonds is 8. The third kappa shape index (κ3) is 5.25.